The molecule has 5 nitrogen and oxygen atoms in total. The summed E-state index contributed by atoms with van der Waals surface area (Å²) in [6.45, 7) is 3.41. The molecule has 0 spiro atoms. The van der Waals surface area contributed by atoms with E-state index in [9.17, 15) is 4.79 Å². The van der Waals surface area contributed by atoms with Crippen molar-refractivity contribution in [2.24, 2.45) is 0 Å². The third-order valence-electron chi connectivity index (χ3n) is 4.41. The molecule has 0 unspecified atom stereocenters. The Hall–Kier alpha value is -2.79. The molecule has 0 saturated heterocycles. The quantitative estimate of drug-likeness (QED) is 0.735. The van der Waals surface area contributed by atoms with Crippen molar-refractivity contribution in [3.05, 3.63) is 53.8 Å². The summed E-state index contributed by atoms with van der Waals surface area (Å²) in [6.07, 6.45) is 1.72. The van der Waals surface area contributed by atoms with Crippen molar-refractivity contribution in [1.82, 2.24) is 10.2 Å². The number of amides is 1. The number of nitrogens with zero attached hydrogens (tertiary/aromatic N) is 1. The minimum atomic E-state index is -0.121. The molecule has 1 aromatic heterocycles. The Labute approximate surface area is 153 Å². The second-order valence-corrected chi connectivity index (χ2v) is 6.57. The van der Waals surface area contributed by atoms with Crippen LogP contribution in [0.1, 0.15) is 15.9 Å². The zero-order valence-electron chi connectivity index (χ0n) is 15.6. The fourth-order valence-corrected chi connectivity index (χ4v) is 3.00. The van der Waals surface area contributed by atoms with E-state index >= 15 is 0 Å². The molecular weight excluding hydrogens is 328 g/mol. The van der Waals surface area contributed by atoms with Crippen LogP contribution >= 0.6 is 0 Å². The normalized spacial score (nSPS) is 11.1. The van der Waals surface area contributed by atoms with Gasteiger partial charge in [0.25, 0.3) is 5.91 Å². The molecule has 0 saturated carbocycles. The Kier molecular flexibility index (Phi) is 5.28. The van der Waals surface area contributed by atoms with E-state index in [0.29, 0.717) is 17.7 Å². The molecule has 0 bridgehead atoms. The Bertz CT molecular complexity index is 928. The lowest BCUT2D eigenvalue weighted by molar-refractivity contribution is 0.0951. The van der Waals surface area contributed by atoms with Crippen LogP contribution in [-0.4, -0.2) is 45.1 Å². The van der Waals surface area contributed by atoms with Crippen molar-refractivity contribution in [1.29, 1.82) is 0 Å². The van der Waals surface area contributed by atoms with Gasteiger partial charge < -0.3 is 19.4 Å². The van der Waals surface area contributed by atoms with Gasteiger partial charge in [-0.1, -0.05) is 18.2 Å². The van der Waals surface area contributed by atoms with Crippen LogP contribution in [0.4, 0.5) is 0 Å². The number of benzene rings is 2. The van der Waals surface area contributed by atoms with E-state index in [1.807, 2.05) is 56.3 Å². The molecule has 5 heteroatoms. The number of rotatable bonds is 6. The average molecular weight is 352 g/mol. The van der Waals surface area contributed by atoms with Crippen LogP contribution in [0.25, 0.3) is 22.1 Å². The third-order valence-corrected chi connectivity index (χ3v) is 4.41. The Morgan fingerprint density at radius 3 is 2.69 bits per heavy atom. The van der Waals surface area contributed by atoms with Crippen molar-refractivity contribution in [3.63, 3.8) is 0 Å². The predicted molar refractivity (Wildman–Crippen MR) is 104 cm³/mol. The third kappa shape index (κ3) is 3.58. The van der Waals surface area contributed by atoms with Gasteiger partial charge in [-0.05, 0) is 50.3 Å². The Morgan fingerprint density at radius 1 is 1.19 bits per heavy atom. The number of nitrogens with one attached hydrogen (secondary N) is 1. The fourth-order valence-electron chi connectivity index (χ4n) is 3.00. The van der Waals surface area contributed by atoms with E-state index in [2.05, 4.69) is 5.32 Å². The number of carbonyl (C=O) groups is 1. The highest BCUT2D eigenvalue weighted by molar-refractivity contribution is 6.08. The van der Waals surface area contributed by atoms with E-state index in [0.717, 1.165) is 34.4 Å². The summed E-state index contributed by atoms with van der Waals surface area (Å²) in [5.74, 6) is 0.699. The zero-order valence-corrected chi connectivity index (χ0v) is 15.6. The lowest BCUT2D eigenvalue weighted by Crippen LogP contribution is -2.31. The molecule has 1 N–H and O–H groups in total. The first kappa shape index (κ1) is 18.0. The maximum Gasteiger partial charge on any atom is 0.255 e. The molecule has 0 fully saturated rings. The summed E-state index contributed by atoms with van der Waals surface area (Å²) < 4.78 is 11.1. The number of para-hydroxylation sites is 1. The van der Waals surface area contributed by atoms with Crippen LogP contribution in [0.5, 0.6) is 5.75 Å². The van der Waals surface area contributed by atoms with E-state index in [-0.39, 0.29) is 5.91 Å². The van der Waals surface area contributed by atoms with Gasteiger partial charge in [-0.2, -0.15) is 0 Å². The number of hydrogen-bond acceptors (Lipinski definition) is 4. The van der Waals surface area contributed by atoms with Crippen LogP contribution in [0.3, 0.4) is 0 Å². The number of methoxy groups -OCH3 is 1. The van der Waals surface area contributed by atoms with Crippen LogP contribution in [0, 0.1) is 6.92 Å². The molecule has 0 aliphatic heterocycles. The lowest BCUT2D eigenvalue weighted by Gasteiger charge is -2.10. The summed E-state index contributed by atoms with van der Waals surface area (Å²) >= 11 is 0. The minimum Gasteiger partial charge on any atom is -0.497 e. The van der Waals surface area contributed by atoms with Crippen molar-refractivity contribution in [3.8, 4) is 16.9 Å². The van der Waals surface area contributed by atoms with E-state index < -0.39 is 0 Å². The molecule has 3 aromatic rings. The second kappa shape index (κ2) is 7.62. The highest BCUT2D eigenvalue weighted by Gasteiger charge is 2.17. The van der Waals surface area contributed by atoms with Gasteiger partial charge >= 0.3 is 0 Å². The van der Waals surface area contributed by atoms with E-state index in [1.165, 1.54) is 0 Å². The van der Waals surface area contributed by atoms with Gasteiger partial charge in [-0.25, -0.2) is 0 Å². The van der Waals surface area contributed by atoms with Gasteiger partial charge in [0.1, 0.15) is 11.3 Å². The van der Waals surface area contributed by atoms with Crippen molar-refractivity contribution in [2.75, 3.05) is 34.3 Å². The highest BCUT2D eigenvalue weighted by atomic mass is 16.5. The summed E-state index contributed by atoms with van der Waals surface area (Å²) in [7, 11) is 5.61. The largest absolute Gasteiger partial charge is 0.497 e. The lowest BCUT2D eigenvalue weighted by atomic mass is 9.98. The number of fused-ring (bicyclic) bond motifs is 1. The van der Waals surface area contributed by atoms with Crippen molar-refractivity contribution >= 4 is 16.9 Å². The molecule has 0 radical (unpaired) electrons. The maximum absolute atomic E-state index is 12.5. The van der Waals surface area contributed by atoms with Crippen LogP contribution in [0.2, 0.25) is 0 Å². The van der Waals surface area contributed by atoms with Crippen molar-refractivity contribution < 1.29 is 13.9 Å². The predicted octanol–water partition coefficient (Wildman–Crippen LogP) is 3.71. The molecule has 3 rings (SSSR count). The maximum atomic E-state index is 12.5. The van der Waals surface area contributed by atoms with Gasteiger partial charge in [-0.15, -0.1) is 0 Å². The molecule has 136 valence electrons. The fraction of sp³-hybridized carbons (Fsp3) is 0.286. The first-order valence-corrected chi connectivity index (χ1v) is 8.59. The van der Waals surface area contributed by atoms with Crippen molar-refractivity contribution in [2.45, 2.75) is 6.92 Å². The van der Waals surface area contributed by atoms with E-state index in [1.54, 1.807) is 19.4 Å². The summed E-state index contributed by atoms with van der Waals surface area (Å²) in [6, 6.07) is 11.6. The van der Waals surface area contributed by atoms with Gasteiger partial charge in [0.05, 0.1) is 18.9 Å². The van der Waals surface area contributed by atoms with Gasteiger partial charge in [0.2, 0.25) is 0 Å². The van der Waals surface area contributed by atoms with Crippen LogP contribution in [-0.2, 0) is 0 Å². The molecule has 2 aromatic carbocycles. The highest BCUT2D eigenvalue weighted by Crippen LogP contribution is 2.35. The topological polar surface area (TPSA) is 54.7 Å². The molecule has 1 amide bonds. The van der Waals surface area contributed by atoms with Gasteiger partial charge in [0.15, 0.2) is 0 Å². The van der Waals surface area contributed by atoms with Crippen LogP contribution in [0.15, 0.2) is 47.1 Å². The smallest absolute Gasteiger partial charge is 0.255 e. The SMILES string of the molecule is COc1ccc(-c2coc3c(C(=O)NCCN(C)C)cccc23)c(C)c1. The number of furan rings is 1. The standard InChI is InChI=1S/C21H24N2O3/c1-14-12-15(25-4)8-9-16(14)19-13-26-20-17(19)6-5-7-18(20)21(24)22-10-11-23(2)3/h5-9,12-13H,10-11H2,1-4H3,(H,22,24). The number of hydrogen-bond donors (Lipinski definition) is 1. The first-order chi connectivity index (χ1) is 12.5. The number of likely N-dealkylation sites (N-methyl/N-ethyl adjacent to an activating group) is 1. The second-order valence-electron chi connectivity index (χ2n) is 6.57. The average Bonchev–Trinajstić information content (AvgIpc) is 3.05. The zero-order chi connectivity index (χ0) is 18.7. The van der Waals surface area contributed by atoms with Gasteiger partial charge in [0, 0.05) is 24.0 Å². The Balaban J connectivity index is 1.95. The molecule has 0 aliphatic rings. The number of ether oxygens (including phenoxy) is 1. The molecule has 0 aliphatic carbocycles. The van der Waals surface area contributed by atoms with Gasteiger partial charge in [-0.3, -0.25) is 4.79 Å². The number of carbonyl (C=O) groups excluding carboxylic acids is 1. The minimum absolute atomic E-state index is 0.121. The first-order valence-electron chi connectivity index (χ1n) is 8.59. The summed E-state index contributed by atoms with van der Waals surface area (Å²) in [5.41, 5.74) is 4.30. The molecule has 0 atom stereocenters. The molecule has 1 heterocycles. The summed E-state index contributed by atoms with van der Waals surface area (Å²) in [5, 5.41) is 3.87. The number of aryl methyl sites for hydroxylation is 1. The summed E-state index contributed by atoms with van der Waals surface area (Å²) in [4.78, 5) is 14.6. The monoisotopic (exact) mass is 352 g/mol. The molecular formula is C21H24N2O3. The van der Waals surface area contributed by atoms with E-state index in [4.69, 9.17) is 9.15 Å². The van der Waals surface area contributed by atoms with Crippen LogP contribution < -0.4 is 10.1 Å². The Morgan fingerprint density at radius 2 is 2.00 bits per heavy atom. The molecule has 26 heavy (non-hydrogen) atoms.